The van der Waals surface area contributed by atoms with Crippen molar-refractivity contribution in [2.75, 3.05) is 0 Å². The van der Waals surface area contributed by atoms with Crippen molar-refractivity contribution in [3.05, 3.63) is 0 Å². The van der Waals surface area contributed by atoms with E-state index >= 15 is 0 Å². The van der Waals surface area contributed by atoms with Crippen LogP contribution < -0.4 is 0 Å². The maximum atomic E-state index is 6.08. The van der Waals surface area contributed by atoms with E-state index in [0.29, 0.717) is 11.8 Å². The molecule has 2 atom stereocenters. The maximum Gasteiger partial charge on any atom is 0.124 e. The minimum atomic E-state index is -0.406. The monoisotopic (exact) mass is 194 g/mol. The summed E-state index contributed by atoms with van der Waals surface area (Å²) >= 11 is 12.2. The van der Waals surface area contributed by atoms with Gasteiger partial charge in [-0.2, -0.15) is 0 Å². The van der Waals surface area contributed by atoms with Crippen LogP contribution in [0.25, 0.3) is 0 Å². The molecule has 1 aliphatic rings. The molecule has 0 aromatic heterocycles. The van der Waals surface area contributed by atoms with Gasteiger partial charge in [0.05, 0.1) is 0 Å². The molecule has 66 valence electrons. The topological polar surface area (TPSA) is 0 Å². The first-order chi connectivity index (χ1) is 5.05. The number of alkyl halides is 2. The summed E-state index contributed by atoms with van der Waals surface area (Å²) in [5.74, 6) is 1.76. The Labute approximate surface area is 79.3 Å². The van der Waals surface area contributed by atoms with Gasteiger partial charge in [0.1, 0.15) is 4.33 Å². The van der Waals surface area contributed by atoms with E-state index in [4.69, 9.17) is 23.2 Å². The summed E-state index contributed by atoms with van der Waals surface area (Å²) in [5, 5.41) is 0. The lowest BCUT2D eigenvalue weighted by atomic mass is 9.96. The lowest BCUT2D eigenvalue weighted by molar-refractivity contribution is 0.412. The van der Waals surface area contributed by atoms with E-state index in [1.165, 1.54) is 12.8 Å². The molecule has 0 aromatic rings. The molecule has 1 rings (SSSR count). The van der Waals surface area contributed by atoms with Gasteiger partial charge in [-0.3, -0.25) is 0 Å². The molecule has 0 heterocycles. The molecule has 0 N–H and O–H groups in total. The van der Waals surface area contributed by atoms with Crippen molar-refractivity contribution in [3.63, 3.8) is 0 Å². The third-order valence-electron chi connectivity index (χ3n) is 3.04. The average Bonchev–Trinajstić information content (AvgIpc) is 2.41. The number of rotatable bonds is 3. The van der Waals surface area contributed by atoms with Gasteiger partial charge in [-0.05, 0) is 11.8 Å². The molecule has 1 aliphatic carbocycles. The van der Waals surface area contributed by atoms with E-state index in [9.17, 15) is 0 Å². The molecule has 0 saturated heterocycles. The van der Waals surface area contributed by atoms with Crippen molar-refractivity contribution in [1.29, 1.82) is 0 Å². The van der Waals surface area contributed by atoms with Crippen LogP contribution in [0.1, 0.15) is 33.6 Å². The molecular weight excluding hydrogens is 179 g/mol. The van der Waals surface area contributed by atoms with Crippen molar-refractivity contribution in [2.24, 2.45) is 17.8 Å². The molecule has 2 unspecified atom stereocenters. The van der Waals surface area contributed by atoms with Gasteiger partial charge in [0.15, 0.2) is 0 Å². The Morgan fingerprint density at radius 3 is 1.73 bits per heavy atom. The van der Waals surface area contributed by atoms with Gasteiger partial charge in [-0.25, -0.2) is 0 Å². The van der Waals surface area contributed by atoms with E-state index < -0.39 is 4.33 Å². The molecule has 0 nitrogen and oxygen atoms in total. The number of hydrogen-bond acceptors (Lipinski definition) is 0. The first-order valence-corrected chi connectivity index (χ1v) is 5.19. The standard InChI is InChI=1S/C9H16Cl2/c1-4-7(5-2)8-6(3)9(8,10)11/h6-8H,4-5H2,1-3H3. The van der Waals surface area contributed by atoms with Crippen LogP contribution in [-0.4, -0.2) is 4.33 Å². The van der Waals surface area contributed by atoms with Crippen LogP contribution in [0.4, 0.5) is 0 Å². The zero-order valence-corrected chi connectivity index (χ0v) is 8.91. The van der Waals surface area contributed by atoms with E-state index in [-0.39, 0.29) is 0 Å². The lowest BCUT2D eigenvalue weighted by Gasteiger charge is -2.11. The van der Waals surface area contributed by atoms with Crippen molar-refractivity contribution < 1.29 is 0 Å². The van der Waals surface area contributed by atoms with Crippen LogP contribution in [0.5, 0.6) is 0 Å². The maximum absolute atomic E-state index is 6.08. The zero-order chi connectivity index (χ0) is 8.65. The molecular formula is C9H16Cl2. The minimum Gasteiger partial charge on any atom is -0.101 e. The van der Waals surface area contributed by atoms with E-state index in [1.807, 2.05) is 0 Å². The van der Waals surface area contributed by atoms with Crippen LogP contribution in [0.15, 0.2) is 0 Å². The van der Waals surface area contributed by atoms with Crippen molar-refractivity contribution in [3.8, 4) is 0 Å². The van der Waals surface area contributed by atoms with Gasteiger partial charge < -0.3 is 0 Å². The van der Waals surface area contributed by atoms with Crippen LogP contribution in [0.2, 0.25) is 0 Å². The largest absolute Gasteiger partial charge is 0.124 e. The van der Waals surface area contributed by atoms with Gasteiger partial charge >= 0.3 is 0 Å². The SMILES string of the molecule is CCC(CC)C1C(C)C1(Cl)Cl. The minimum absolute atomic E-state index is 0.406. The predicted molar refractivity (Wildman–Crippen MR) is 51.2 cm³/mol. The molecule has 0 amide bonds. The first kappa shape index (κ1) is 9.67. The Kier molecular flexibility index (Phi) is 2.76. The second-order valence-corrected chi connectivity index (χ2v) is 5.01. The molecule has 1 fully saturated rings. The number of hydrogen-bond donors (Lipinski definition) is 0. The van der Waals surface area contributed by atoms with Crippen molar-refractivity contribution >= 4 is 23.2 Å². The molecule has 1 saturated carbocycles. The van der Waals surface area contributed by atoms with Crippen molar-refractivity contribution in [2.45, 2.75) is 37.9 Å². The highest BCUT2D eigenvalue weighted by molar-refractivity contribution is 6.51. The van der Waals surface area contributed by atoms with Gasteiger partial charge in [0.25, 0.3) is 0 Å². The normalized spacial score (nSPS) is 34.4. The van der Waals surface area contributed by atoms with Crippen LogP contribution in [0, 0.1) is 17.8 Å². The van der Waals surface area contributed by atoms with Crippen molar-refractivity contribution in [1.82, 2.24) is 0 Å². The Bertz CT molecular complexity index is 138. The third kappa shape index (κ3) is 1.53. The fourth-order valence-corrected chi connectivity index (χ4v) is 2.91. The highest BCUT2D eigenvalue weighted by Gasteiger charge is 2.62. The molecule has 0 aliphatic heterocycles. The third-order valence-corrected chi connectivity index (χ3v) is 4.23. The summed E-state index contributed by atoms with van der Waals surface area (Å²) in [6.07, 6.45) is 2.40. The lowest BCUT2D eigenvalue weighted by Crippen LogP contribution is -2.04. The summed E-state index contributed by atoms with van der Waals surface area (Å²) in [6, 6.07) is 0. The van der Waals surface area contributed by atoms with Gasteiger partial charge in [-0.1, -0.05) is 33.6 Å². The smallest absolute Gasteiger partial charge is 0.101 e. The van der Waals surface area contributed by atoms with Gasteiger partial charge in [0, 0.05) is 5.92 Å². The highest BCUT2D eigenvalue weighted by Crippen LogP contribution is 2.63. The molecule has 0 bridgehead atoms. The second kappa shape index (κ2) is 3.14. The zero-order valence-electron chi connectivity index (χ0n) is 7.40. The second-order valence-electron chi connectivity index (χ2n) is 3.57. The van der Waals surface area contributed by atoms with E-state index in [1.54, 1.807) is 0 Å². The molecule has 11 heavy (non-hydrogen) atoms. The molecule has 0 spiro atoms. The number of halogens is 2. The van der Waals surface area contributed by atoms with Crippen LogP contribution in [-0.2, 0) is 0 Å². The Morgan fingerprint density at radius 2 is 1.64 bits per heavy atom. The molecule has 0 radical (unpaired) electrons. The molecule has 2 heteroatoms. The summed E-state index contributed by atoms with van der Waals surface area (Å²) in [4.78, 5) is 0. The fraction of sp³-hybridized carbons (Fsp3) is 1.00. The summed E-state index contributed by atoms with van der Waals surface area (Å²) < 4.78 is -0.406. The van der Waals surface area contributed by atoms with E-state index in [2.05, 4.69) is 20.8 Å². The summed E-state index contributed by atoms with van der Waals surface area (Å²) in [7, 11) is 0. The van der Waals surface area contributed by atoms with Crippen LogP contribution in [0.3, 0.4) is 0 Å². The van der Waals surface area contributed by atoms with Crippen LogP contribution >= 0.6 is 23.2 Å². The molecule has 0 aromatic carbocycles. The highest BCUT2D eigenvalue weighted by atomic mass is 35.5. The van der Waals surface area contributed by atoms with E-state index in [0.717, 1.165) is 5.92 Å². The quantitative estimate of drug-likeness (QED) is 0.600. The van der Waals surface area contributed by atoms with Gasteiger partial charge in [0.2, 0.25) is 0 Å². The van der Waals surface area contributed by atoms with Gasteiger partial charge in [-0.15, -0.1) is 23.2 Å². The average molecular weight is 195 g/mol. The summed E-state index contributed by atoms with van der Waals surface area (Å²) in [6.45, 7) is 6.56. The predicted octanol–water partition coefficient (Wildman–Crippen LogP) is 3.86. The Balaban J connectivity index is 2.51. The summed E-state index contributed by atoms with van der Waals surface area (Å²) in [5.41, 5.74) is 0. The Morgan fingerprint density at radius 1 is 1.27 bits per heavy atom. The Hall–Kier alpha value is 0.580. The first-order valence-electron chi connectivity index (χ1n) is 4.43. The fourth-order valence-electron chi connectivity index (χ4n) is 2.03.